The molecule has 0 aromatic carbocycles. The minimum Gasteiger partial charge on any atom is -0.287 e. The Balaban J connectivity index is 2.71. The van der Waals surface area contributed by atoms with Crippen molar-refractivity contribution < 1.29 is 0 Å². The molecule has 0 radical (unpaired) electrons. The minimum absolute atomic E-state index is 0.00413. The molecule has 0 saturated carbocycles. The molecule has 0 bridgehead atoms. The predicted molar refractivity (Wildman–Crippen MR) is 51.6 cm³/mol. The Morgan fingerprint density at radius 3 is 2.67 bits per heavy atom. The van der Waals surface area contributed by atoms with Crippen LogP contribution in [0.2, 0.25) is 0 Å². The van der Waals surface area contributed by atoms with Gasteiger partial charge < -0.3 is 0 Å². The van der Waals surface area contributed by atoms with Gasteiger partial charge in [-0.1, -0.05) is 6.07 Å². The SMILES string of the molecule is CC(C)(C)/N=C/c1cccnc1. The van der Waals surface area contributed by atoms with Crippen molar-refractivity contribution in [2.75, 3.05) is 0 Å². The van der Waals surface area contributed by atoms with Crippen LogP contribution in [0.3, 0.4) is 0 Å². The Kier molecular flexibility index (Phi) is 2.58. The van der Waals surface area contributed by atoms with E-state index in [1.165, 1.54) is 0 Å². The highest BCUT2D eigenvalue weighted by Crippen LogP contribution is 2.05. The molecule has 2 heteroatoms. The molecule has 0 fully saturated rings. The molecule has 1 rings (SSSR count). The number of aliphatic imine (C=N–C) groups is 1. The van der Waals surface area contributed by atoms with Gasteiger partial charge in [-0.15, -0.1) is 0 Å². The maximum absolute atomic E-state index is 4.36. The molecule has 0 spiro atoms. The highest BCUT2D eigenvalue weighted by Gasteiger charge is 2.04. The van der Waals surface area contributed by atoms with E-state index in [1.54, 1.807) is 12.4 Å². The summed E-state index contributed by atoms with van der Waals surface area (Å²) < 4.78 is 0. The topological polar surface area (TPSA) is 25.2 Å². The molecule has 1 aromatic heterocycles. The maximum atomic E-state index is 4.36. The molecular formula is C10H14N2. The van der Waals surface area contributed by atoms with Crippen molar-refractivity contribution in [3.63, 3.8) is 0 Å². The molecule has 0 aliphatic rings. The molecule has 64 valence electrons. The zero-order chi connectivity index (χ0) is 9.03. The number of pyridine rings is 1. The first-order valence-electron chi connectivity index (χ1n) is 4.03. The van der Waals surface area contributed by atoms with Gasteiger partial charge in [0, 0.05) is 24.2 Å². The smallest absolute Gasteiger partial charge is 0.0524 e. The third-order valence-corrected chi connectivity index (χ3v) is 1.29. The van der Waals surface area contributed by atoms with Gasteiger partial charge in [0.25, 0.3) is 0 Å². The molecule has 0 unspecified atom stereocenters. The monoisotopic (exact) mass is 162 g/mol. The summed E-state index contributed by atoms with van der Waals surface area (Å²) in [5.74, 6) is 0. The van der Waals surface area contributed by atoms with Gasteiger partial charge in [-0.05, 0) is 26.8 Å². The van der Waals surface area contributed by atoms with Gasteiger partial charge in [-0.3, -0.25) is 9.98 Å². The average Bonchev–Trinajstić information content (AvgIpc) is 2.02. The fourth-order valence-corrected chi connectivity index (χ4v) is 0.721. The van der Waals surface area contributed by atoms with Crippen LogP contribution in [0, 0.1) is 0 Å². The standard InChI is InChI=1S/C10H14N2/c1-10(2,3)12-8-9-5-4-6-11-7-9/h4-8H,1-3H3/b12-8+. The molecule has 0 saturated heterocycles. The number of hydrogen-bond acceptors (Lipinski definition) is 2. The van der Waals surface area contributed by atoms with E-state index in [1.807, 2.05) is 18.3 Å². The summed E-state index contributed by atoms with van der Waals surface area (Å²) >= 11 is 0. The Hall–Kier alpha value is -1.18. The second-order valence-corrected chi connectivity index (χ2v) is 3.72. The maximum Gasteiger partial charge on any atom is 0.0524 e. The average molecular weight is 162 g/mol. The molecule has 12 heavy (non-hydrogen) atoms. The summed E-state index contributed by atoms with van der Waals surface area (Å²) in [6, 6.07) is 3.90. The van der Waals surface area contributed by atoms with E-state index < -0.39 is 0 Å². The minimum atomic E-state index is -0.00413. The van der Waals surface area contributed by atoms with Crippen LogP contribution < -0.4 is 0 Å². The van der Waals surface area contributed by atoms with Crippen molar-refractivity contribution in [3.05, 3.63) is 30.1 Å². The Morgan fingerprint density at radius 2 is 2.17 bits per heavy atom. The van der Waals surface area contributed by atoms with Crippen molar-refractivity contribution in [3.8, 4) is 0 Å². The number of hydrogen-bond donors (Lipinski definition) is 0. The molecule has 0 aliphatic carbocycles. The van der Waals surface area contributed by atoms with E-state index >= 15 is 0 Å². The van der Waals surface area contributed by atoms with Gasteiger partial charge in [-0.2, -0.15) is 0 Å². The van der Waals surface area contributed by atoms with E-state index in [4.69, 9.17) is 0 Å². The Morgan fingerprint density at radius 1 is 1.42 bits per heavy atom. The molecular weight excluding hydrogens is 148 g/mol. The lowest BCUT2D eigenvalue weighted by Gasteiger charge is -2.10. The van der Waals surface area contributed by atoms with Gasteiger partial charge in [0.15, 0.2) is 0 Å². The molecule has 1 heterocycles. The molecule has 0 amide bonds. The number of nitrogens with zero attached hydrogens (tertiary/aromatic N) is 2. The predicted octanol–water partition coefficient (Wildman–Crippen LogP) is 2.30. The van der Waals surface area contributed by atoms with Gasteiger partial charge in [0.2, 0.25) is 0 Å². The van der Waals surface area contributed by atoms with Gasteiger partial charge >= 0.3 is 0 Å². The second kappa shape index (κ2) is 3.48. The molecule has 0 atom stereocenters. The van der Waals surface area contributed by atoms with Crippen LogP contribution in [0.25, 0.3) is 0 Å². The van der Waals surface area contributed by atoms with Crippen molar-refractivity contribution in [2.45, 2.75) is 26.3 Å². The fraction of sp³-hybridized carbons (Fsp3) is 0.400. The molecule has 1 aromatic rings. The summed E-state index contributed by atoms with van der Waals surface area (Å²) in [4.78, 5) is 8.36. The van der Waals surface area contributed by atoms with Crippen molar-refractivity contribution >= 4 is 6.21 Å². The molecule has 0 aliphatic heterocycles. The van der Waals surface area contributed by atoms with Crippen molar-refractivity contribution in [1.82, 2.24) is 4.98 Å². The Bertz CT molecular complexity index is 257. The first-order chi connectivity index (χ1) is 5.58. The normalized spacial score (nSPS) is 12.2. The summed E-state index contributed by atoms with van der Waals surface area (Å²) in [6.07, 6.45) is 5.41. The first kappa shape index (κ1) is 8.91. The summed E-state index contributed by atoms with van der Waals surface area (Å²) in [5, 5.41) is 0. The van der Waals surface area contributed by atoms with E-state index in [0.29, 0.717) is 0 Å². The Labute approximate surface area is 73.4 Å². The molecule has 2 nitrogen and oxygen atoms in total. The van der Waals surface area contributed by atoms with E-state index in [-0.39, 0.29) is 5.54 Å². The third-order valence-electron chi connectivity index (χ3n) is 1.29. The number of rotatable bonds is 1. The highest BCUT2D eigenvalue weighted by atomic mass is 14.8. The lowest BCUT2D eigenvalue weighted by molar-refractivity contribution is 0.586. The lowest BCUT2D eigenvalue weighted by Crippen LogP contribution is -2.09. The van der Waals surface area contributed by atoms with Crippen LogP contribution >= 0.6 is 0 Å². The quantitative estimate of drug-likeness (QED) is 0.582. The highest BCUT2D eigenvalue weighted by molar-refractivity contribution is 5.79. The zero-order valence-corrected chi connectivity index (χ0v) is 7.78. The second-order valence-electron chi connectivity index (χ2n) is 3.72. The summed E-state index contributed by atoms with van der Waals surface area (Å²) in [5.41, 5.74) is 1.04. The van der Waals surface area contributed by atoms with Crippen LogP contribution in [-0.2, 0) is 0 Å². The number of aromatic nitrogens is 1. The van der Waals surface area contributed by atoms with Crippen molar-refractivity contribution in [1.29, 1.82) is 0 Å². The first-order valence-corrected chi connectivity index (χ1v) is 4.03. The van der Waals surface area contributed by atoms with Crippen LogP contribution in [-0.4, -0.2) is 16.7 Å². The summed E-state index contributed by atoms with van der Waals surface area (Å²) in [6.45, 7) is 6.21. The van der Waals surface area contributed by atoms with Gasteiger partial charge in [0.05, 0.1) is 5.54 Å². The van der Waals surface area contributed by atoms with Crippen molar-refractivity contribution in [2.24, 2.45) is 4.99 Å². The van der Waals surface area contributed by atoms with E-state index in [9.17, 15) is 0 Å². The van der Waals surface area contributed by atoms with Gasteiger partial charge in [0.1, 0.15) is 0 Å². The van der Waals surface area contributed by atoms with Crippen LogP contribution in [0.15, 0.2) is 29.5 Å². The van der Waals surface area contributed by atoms with Crippen LogP contribution in [0.1, 0.15) is 26.3 Å². The molecule has 0 N–H and O–H groups in total. The largest absolute Gasteiger partial charge is 0.287 e. The summed E-state index contributed by atoms with van der Waals surface area (Å²) in [7, 11) is 0. The van der Waals surface area contributed by atoms with Gasteiger partial charge in [-0.25, -0.2) is 0 Å². The lowest BCUT2D eigenvalue weighted by atomic mass is 10.1. The van der Waals surface area contributed by atoms with E-state index in [2.05, 4.69) is 30.7 Å². The van der Waals surface area contributed by atoms with Crippen LogP contribution in [0.4, 0.5) is 0 Å². The van der Waals surface area contributed by atoms with E-state index in [0.717, 1.165) is 5.56 Å². The third kappa shape index (κ3) is 3.28. The fourth-order valence-electron chi connectivity index (χ4n) is 0.721. The zero-order valence-electron chi connectivity index (χ0n) is 7.78. The van der Waals surface area contributed by atoms with Crippen LogP contribution in [0.5, 0.6) is 0 Å².